The molecular weight excluding hydrogens is 352 g/mol. The van der Waals surface area contributed by atoms with Crippen LogP contribution in [0.3, 0.4) is 0 Å². The first-order valence-corrected chi connectivity index (χ1v) is 8.89. The van der Waals surface area contributed by atoms with E-state index in [4.69, 9.17) is 0 Å². The number of rotatable bonds is 5. The minimum atomic E-state index is -0.321. The van der Waals surface area contributed by atoms with Crippen molar-refractivity contribution in [3.63, 3.8) is 0 Å². The molecule has 142 valence electrons. The maximum Gasteiger partial charge on any atom is 0.274 e. The molecule has 28 heavy (non-hydrogen) atoms. The summed E-state index contributed by atoms with van der Waals surface area (Å²) in [4.78, 5) is 27.8. The maximum atomic E-state index is 12.4. The Hall–Kier alpha value is -3.67. The highest BCUT2D eigenvalue weighted by atomic mass is 16.2. The largest absolute Gasteiger partial charge is 0.354 e. The van der Waals surface area contributed by atoms with Crippen LogP contribution in [0.2, 0.25) is 0 Å². The molecule has 0 unspecified atom stereocenters. The lowest BCUT2D eigenvalue weighted by Gasteiger charge is -2.10. The summed E-state index contributed by atoms with van der Waals surface area (Å²) < 4.78 is 0. The third kappa shape index (κ3) is 5.17. The fourth-order valence-corrected chi connectivity index (χ4v) is 2.89. The predicted octanol–water partition coefficient (Wildman–Crippen LogP) is 4.65. The fourth-order valence-electron chi connectivity index (χ4n) is 2.89. The van der Waals surface area contributed by atoms with Gasteiger partial charge in [-0.2, -0.15) is 0 Å². The zero-order valence-corrected chi connectivity index (χ0v) is 16.0. The molecular formula is C22H22N4O2. The van der Waals surface area contributed by atoms with E-state index in [1.807, 2.05) is 19.9 Å². The van der Waals surface area contributed by atoms with Gasteiger partial charge in [-0.05, 0) is 67.4 Å². The molecule has 0 radical (unpaired) electrons. The summed E-state index contributed by atoms with van der Waals surface area (Å²) in [5, 5.41) is 8.76. The lowest BCUT2D eigenvalue weighted by molar-refractivity contribution is -0.114. The minimum Gasteiger partial charge on any atom is -0.354 e. The molecule has 2 amide bonds. The lowest BCUT2D eigenvalue weighted by atomic mass is 10.1. The summed E-state index contributed by atoms with van der Waals surface area (Å²) >= 11 is 0. The molecule has 1 heterocycles. The Morgan fingerprint density at radius 1 is 0.786 bits per heavy atom. The Balaban J connectivity index is 1.67. The Labute approximate surface area is 164 Å². The molecule has 0 aliphatic heterocycles. The molecule has 0 atom stereocenters. The number of pyridine rings is 1. The van der Waals surface area contributed by atoms with E-state index < -0.39 is 0 Å². The number of benzene rings is 2. The smallest absolute Gasteiger partial charge is 0.274 e. The summed E-state index contributed by atoms with van der Waals surface area (Å²) in [7, 11) is 0. The summed E-state index contributed by atoms with van der Waals surface area (Å²) in [6.07, 6.45) is 1.63. The van der Waals surface area contributed by atoms with Gasteiger partial charge in [0.05, 0.1) is 11.9 Å². The van der Waals surface area contributed by atoms with Crippen LogP contribution >= 0.6 is 0 Å². The molecule has 3 rings (SSSR count). The number of hydrogen-bond donors (Lipinski definition) is 3. The molecule has 0 aliphatic rings. The minimum absolute atomic E-state index is 0.169. The molecule has 3 aromatic rings. The average Bonchev–Trinajstić information content (AvgIpc) is 2.61. The SMILES string of the molecule is CC(=O)Nc1cccc(NC(=O)c2ccc(Nc3cc(C)cc(C)c3)cn2)c1. The van der Waals surface area contributed by atoms with Gasteiger partial charge in [-0.3, -0.25) is 9.59 Å². The van der Waals surface area contributed by atoms with E-state index in [0.717, 1.165) is 11.4 Å². The number of carbonyl (C=O) groups is 2. The van der Waals surface area contributed by atoms with Crippen molar-refractivity contribution in [2.45, 2.75) is 20.8 Å². The number of anilines is 4. The number of aryl methyl sites for hydroxylation is 2. The fraction of sp³-hybridized carbons (Fsp3) is 0.136. The first-order valence-electron chi connectivity index (χ1n) is 8.89. The molecule has 6 nitrogen and oxygen atoms in total. The molecule has 0 saturated heterocycles. The Bertz CT molecular complexity index is 993. The van der Waals surface area contributed by atoms with Crippen molar-refractivity contribution in [3.8, 4) is 0 Å². The van der Waals surface area contributed by atoms with Crippen molar-refractivity contribution in [3.05, 3.63) is 77.6 Å². The van der Waals surface area contributed by atoms with Crippen LogP contribution in [0.4, 0.5) is 22.7 Å². The Morgan fingerprint density at radius 3 is 2.07 bits per heavy atom. The predicted molar refractivity (Wildman–Crippen MR) is 112 cm³/mol. The zero-order valence-electron chi connectivity index (χ0n) is 16.0. The monoisotopic (exact) mass is 374 g/mol. The molecule has 2 aromatic carbocycles. The van der Waals surface area contributed by atoms with Crippen molar-refractivity contribution in [1.29, 1.82) is 0 Å². The van der Waals surface area contributed by atoms with Crippen LogP contribution in [0.15, 0.2) is 60.8 Å². The lowest BCUT2D eigenvalue weighted by Crippen LogP contribution is -2.14. The van der Waals surface area contributed by atoms with E-state index in [-0.39, 0.29) is 11.8 Å². The van der Waals surface area contributed by atoms with E-state index in [9.17, 15) is 9.59 Å². The van der Waals surface area contributed by atoms with Crippen LogP contribution in [0.1, 0.15) is 28.5 Å². The number of nitrogens with one attached hydrogen (secondary N) is 3. The van der Waals surface area contributed by atoms with Gasteiger partial charge in [0, 0.05) is 24.0 Å². The highest BCUT2D eigenvalue weighted by Gasteiger charge is 2.09. The summed E-state index contributed by atoms with van der Waals surface area (Å²) in [5.41, 5.74) is 5.62. The van der Waals surface area contributed by atoms with Gasteiger partial charge in [-0.25, -0.2) is 4.98 Å². The maximum absolute atomic E-state index is 12.4. The Kier molecular flexibility index (Phi) is 5.69. The summed E-state index contributed by atoms with van der Waals surface area (Å²) in [6.45, 7) is 5.53. The molecule has 6 heteroatoms. The number of aromatic nitrogens is 1. The summed E-state index contributed by atoms with van der Waals surface area (Å²) in [6, 6.07) is 16.6. The van der Waals surface area contributed by atoms with Gasteiger partial charge in [0.1, 0.15) is 5.69 Å². The highest BCUT2D eigenvalue weighted by Crippen LogP contribution is 2.20. The standard InChI is InChI=1S/C22H22N4O2/c1-14-9-15(2)11-20(10-14)25-19-7-8-21(23-13-19)22(28)26-18-6-4-5-17(12-18)24-16(3)27/h4-13,25H,1-3H3,(H,24,27)(H,26,28). The van der Waals surface area contributed by atoms with Gasteiger partial charge in [-0.1, -0.05) is 12.1 Å². The van der Waals surface area contributed by atoms with E-state index in [1.54, 1.807) is 36.5 Å². The normalized spacial score (nSPS) is 10.2. The van der Waals surface area contributed by atoms with Crippen LogP contribution in [-0.2, 0) is 4.79 Å². The van der Waals surface area contributed by atoms with Gasteiger partial charge in [0.25, 0.3) is 5.91 Å². The van der Waals surface area contributed by atoms with Gasteiger partial charge in [0.15, 0.2) is 0 Å². The van der Waals surface area contributed by atoms with Gasteiger partial charge in [0.2, 0.25) is 5.91 Å². The van der Waals surface area contributed by atoms with E-state index in [0.29, 0.717) is 17.1 Å². The number of hydrogen-bond acceptors (Lipinski definition) is 4. The van der Waals surface area contributed by atoms with Crippen molar-refractivity contribution < 1.29 is 9.59 Å². The van der Waals surface area contributed by atoms with Crippen molar-refractivity contribution >= 4 is 34.6 Å². The summed E-state index contributed by atoms with van der Waals surface area (Å²) in [5.74, 6) is -0.491. The van der Waals surface area contributed by atoms with Crippen LogP contribution in [0.5, 0.6) is 0 Å². The molecule has 0 bridgehead atoms. The molecule has 1 aromatic heterocycles. The van der Waals surface area contributed by atoms with Crippen molar-refractivity contribution in [1.82, 2.24) is 4.98 Å². The van der Waals surface area contributed by atoms with Crippen LogP contribution in [-0.4, -0.2) is 16.8 Å². The van der Waals surface area contributed by atoms with Crippen LogP contribution in [0.25, 0.3) is 0 Å². The topological polar surface area (TPSA) is 83.1 Å². The number of carbonyl (C=O) groups excluding carboxylic acids is 2. The third-order valence-corrected chi connectivity index (χ3v) is 3.95. The second-order valence-corrected chi connectivity index (χ2v) is 6.65. The zero-order chi connectivity index (χ0) is 20.1. The van der Waals surface area contributed by atoms with Crippen molar-refractivity contribution in [2.24, 2.45) is 0 Å². The highest BCUT2D eigenvalue weighted by molar-refractivity contribution is 6.03. The van der Waals surface area contributed by atoms with Crippen LogP contribution < -0.4 is 16.0 Å². The second-order valence-electron chi connectivity index (χ2n) is 6.65. The van der Waals surface area contributed by atoms with Gasteiger partial charge >= 0.3 is 0 Å². The first-order chi connectivity index (χ1) is 13.4. The van der Waals surface area contributed by atoms with Crippen molar-refractivity contribution in [2.75, 3.05) is 16.0 Å². The quantitative estimate of drug-likeness (QED) is 0.607. The molecule has 0 saturated carbocycles. The van der Waals surface area contributed by atoms with E-state index >= 15 is 0 Å². The number of amides is 2. The molecule has 3 N–H and O–H groups in total. The van der Waals surface area contributed by atoms with E-state index in [2.05, 4.69) is 39.1 Å². The Morgan fingerprint density at radius 2 is 1.46 bits per heavy atom. The average molecular weight is 374 g/mol. The first kappa shape index (κ1) is 19.1. The molecule has 0 spiro atoms. The third-order valence-electron chi connectivity index (χ3n) is 3.95. The number of nitrogens with zero attached hydrogens (tertiary/aromatic N) is 1. The van der Waals surface area contributed by atoms with Gasteiger partial charge in [-0.15, -0.1) is 0 Å². The molecule has 0 fully saturated rings. The van der Waals surface area contributed by atoms with E-state index in [1.165, 1.54) is 18.1 Å². The molecule has 0 aliphatic carbocycles. The van der Waals surface area contributed by atoms with Gasteiger partial charge < -0.3 is 16.0 Å². The second kappa shape index (κ2) is 8.35. The van der Waals surface area contributed by atoms with Crippen LogP contribution in [0, 0.1) is 13.8 Å².